The van der Waals surface area contributed by atoms with E-state index in [2.05, 4.69) is 0 Å². The Morgan fingerprint density at radius 2 is 1.65 bits per heavy atom. The zero-order chi connectivity index (χ0) is 24.2. The van der Waals surface area contributed by atoms with Crippen LogP contribution in [0.2, 0.25) is 0 Å². The molecule has 3 aromatic rings. The van der Waals surface area contributed by atoms with Crippen molar-refractivity contribution in [3.63, 3.8) is 0 Å². The highest BCUT2D eigenvalue weighted by molar-refractivity contribution is 8.05. The first-order valence-electron chi connectivity index (χ1n) is 10.4. The Morgan fingerprint density at radius 3 is 2.24 bits per heavy atom. The van der Waals surface area contributed by atoms with Crippen LogP contribution in [-0.4, -0.2) is 32.4 Å². The van der Waals surface area contributed by atoms with Crippen LogP contribution in [0.1, 0.15) is 16.5 Å². The van der Waals surface area contributed by atoms with Crippen molar-refractivity contribution in [3.05, 3.63) is 88.0 Å². The molecule has 0 saturated carbocycles. The maximum absolute atomic E-state index is 13.6. The Bertz CT molecular complexity index is 1190. The fourth-order valence-corrected chi connectivity index (χ4v) is 5.02. The van der Waals surface area contributed by atoms with Crippen molar-refractivity contribution in [2.24, 2.45) is 0 Å². The molecule has 1 aliphatic rings. The number of quaternary nitrogens is 1. The van der Waals surface area contributed by atoms with E-state index in [1.54, 1.807) is 35.2 Å². The van der Waals surface area contributed by atoms with Crippen LogP contribution in [0.4, 0.5) is 11.4 Å². The number of hydrogen-bond donors (Lipinski definition) is 2. The van der Waals surface area contributed by atoms with E-state index in [-0.39, 0.29) is 17.0 Å². The normalized spacial score (nSPS) is 17.7. The highest BCUT2D eigenvalue weighted by atomic mass is 32.2. The average molecular weight is 481 g/mol. The molecular weight excluding hydrogens is 456 g/mol. The maximum Gasteiger partial charge on any atom is 0.266 e. The molecule has 1 amide bonds. The summed E-state index contributed by atoms with van der Waals surface area (Å²) in [5, 5.41) is 19.6. The standard InChI is InChI=1S/C25H24N2O6S/c1-31-20-12-16(13-21(32-2)23(20)33-3)14-22-24(28)26(18-10-7-11-19(15-18)27(29)30)25(34-22)17-8-5-4-6-9-17/h4-15,25,27,29H,1-3H3/b22-14+. The van der Waals surface area contributed by atoms with Crippen LogP contribution in [0.25, 0.3) is 6.08 Å². The third-order valence-electron chi connectivity index (χ3n) is 5.34. The van der Waals surface area contributed by atoms with Crippen LogP contribution < -0.4 is 24.3 Å². The van der Waals surface area contributed by atoms with Gasteiger partial charge in [-0.2, -0.15) is 5.23 Å². The minimum absolute atomic E-state index is 0.115. The van der Waals surface area contributed by atoms with Gasteiger partial charge >= 0.3 is 0 Å². The van der Waals surface area contributed by atoms with Crippen molar-refractivity contribution in [2.75, 3.05) is 26.2 Å². The number of ether oxygens (including phenoxy) is 3. The van der Waals surface area contributed by atoms with E-state index in [0.29, 0.717) is 33.4 Å². The number of hydrogen-bond acceptors (Lipinski definition) is 7. The number of methoxy groups -OCH3 is 3. The Kier molecular flexibility index (Phi) is 7.09. The molecule has 1 heterocycles. The predicted molar refractivity (Wildman–Crippen MR) is 131 cm³/mol. The second kappa shape index (κ2) is 10.2. The van der Waals surface area contributed by atoms with E-state index < -0.39 is 5.23 Å². The summed E-state index contributed by atoms with van der Waals surface area (Å²) in [4.78, 5) is 15.7. The summed E-state index contributed by atoms with van der Waals surface area (Å²) in [6.45, 7) is 0. The van der Waals surface area contributed by atoms with Crippen molar-refractivity contribution < 1.29 is 29.4 Å². The first kappa shape index (κ1) is 23.7. The number of thioether (sulfide) groups is 1. The van der Waals surface area contributed by atoms with Crippen molar-refractivity contribution in [2.45, 2.75) is 5.37 Å². The molecule has 1 fully saturated rings. The highest BCUT2D eigenvalue weighted by Gasteiger charge is 2.38. The van der Waals surface area contributed by atoms with Crippen molar-refractivity contribution in [3.8, 4) is 17.2 Å². The Hall–Kier alpha value is -3.50. The summed E-state index contributed by atoms with van der Waals surface area (Å²) >= 11 is 1.40. The number of nitrogens with zero attached hydrogens (tertiary/aromatic N) is 1. The van der Waals surface area contributed by atoms with Crippen LogP contribution in [-0.2, 0) is 4.79 Å². The highest BCUT2D eigenvalue weighted by Crippen LogP contribution is 2.49. The van der Waals surface area contributed by atoms with Gasteiger partial charge in [0.25, 0.3) is 5.91 Å². The van der Waals surface area contributed by atoms with E-state index >= 15 is 0 Å². The van der Waals surface area contributed by atoms with E-state index in [9.17, 15) is 15.2 Å². The summed E-state index contributed by atoms with van der Waals surface area (Å²) in [7, 11) is 4.60. The summed E-state index contributed by atoms with van der Waals surface area (Å²) in [6, 6.07) is 19.6. The number of rotatable bonds is 7. The smallest absolute Gasteiger partial charge is 0.266 e. The molecular formula is C25H24N2O6S. The van der Waals surface area contributed by atoms with Gasteiger partial charge in [0.2, 0.25) is 5.75 Å². The molecule has 176 valence electrons. The van der Waals surface area contributed by atoms with Crippen LogP contribution >= 0.6 is 11.8 Å². The lowest BCUT2D eigenvalue weighted by Gasteiger charge is -2.24. The zero-order valence-corrected chi connectivity index (χ0v) is 19.7. The molecule has 0 radical (unpaired) electrons. The molecule has 0 spiro atoms. The number of carbonyl (C=O) groups excluding carboxylic acids is 1. The molecule has 0 aromatic heterocycles. The lowest BCUT2D eigenvalue weighted by atomic mass is 10.1. The molecule has 1 saturated heterocycles. The average Bonchev–Trinajstić information content (AvgIpc) is 3.19. The second-order valence-electron chi connectivity index (χ2n) is 7.38. The topological polar surface area (TPSA) is 95.7 Å². The summed E-state index contributed by atoms with van der Waals surface area (Å²) in [5.41, 5.74) is 2.26. The Morgan fingerprint density at radius 1 is 0.971 bits per heavy atom. The van der Waals surface area contributed by atoms with Gasteiger partial charge in [-0.25, -0.2) is 5.21 Å². The quantitative estimate of drug-likeness (QED) is 0.391. The molecule has 0 aliphatic carbocycles. The minimum Gasteiger partial charge on any atom is -0.595 e. The van der Waals surface area contributed by atoms with Gasteiger partial charge in [-0.05, 0) is 35.4 Å². The molecule has 3 aromatic carbocycles. The molecule has 9 heteroatoms. The number of benzene rings is 3. The predicted octanol–water partition coefficient (Wildman–Crippen LogP) is 3.94. The number of carbonyl (C=O) groups is 1. The first-order chi connectivity index (χ1) is 16.5. The Labute approximate surface area is 201 Å². The van der Waals surface area contributed by atoms with Gasteiger partial charge in [-0.1, -0.05) is 48.2 Å². The fourth-order valence-electron chi connectivity index (χ4n) is 3.76. The largest absolute Gasteiger partial charge is 0.595 e. The van der Waals surface area contributed by atoms with Crippen molar-refractivity contribution in [1.82, 2.24) is 0 Å². The molecule has 8 nitrogen and oxygen atoms in total. The van der Waals surface area contributed by atoms with Gasteiger partial charge in [0, 0.05) is 12.1 Å². The van der Waals surface area contributed by atoms with E-state index in [1.807, 2.05) is 30.3 Å². The van der Waals surface area contributed by atoms with Crippen LogP contribution in [0.5, 0.6) is 17.2 Å². The van der Waals surface area contributed by atoms with Gasteiger partial charge in [0.15, 0.2) is 17.2 Å². The second-order valence-corrected chi connectivity index (χ2v) is 8.50. The summed E-state index contributed by atoms with van der Waals surface area (Å²) in [6.07, 6.45) is 1.77. The molecule has 0 bridgehead atoms. The monoisotopic (exact) mass is 480 g/mol. The molecule has 4 rings (SSSR count). The minimum atomic E-state index is -1.05. The molecule has 1 aliphatic heterocycles. The van der Waals surface area contributed by atoms with Crippen LogP contribution in [0.15, 0.2) is 71.6 Å². The van der Waals surface area contributed by atoms with E-state index in [4.69, 9.17) is 14.2 Å². The maximum atomic E-state index is 13.6. The van der Waals surface area contributed by atoms with Crippen LogP contribution in [0.3, 0.4) is 0 Å². The van der Waals surface area contributed by atoms with Gasteiger partial charge in [-0.15, -0.1) is 0 Å². The van der Waals surface area contributed by atoms with Crippen LogP contribution in [0, 0.1) is 5.21 Å². The lowest BCUT2D eigenvalue weighted by Crippen LogP contribution is -2.99. The third kappa shape index (κ3) is 4.59. The Balaban J connectivity index is 1.80. The molecule has 2 atom stereocenters. The van der Waals surface area contributed by atoms with E-state index in [1.165, 1.54) is 45.2 Å². The molecule has 2 N–H and O–H groups in total. The lowest BCUT2D eigenvalue weighted by molar-refractivity contribution is -0.991. The van der Waals surface area contributed by atoms with Gasteiger partial charge in [-0.3, -0.25) is 9.69 Å². The van der Waals surface area contributed by atoms with Crippen molar-refractivity contribution >= 4 is 35.1 Å². The third-order valence-corrected chi connectivity index (χ3v) is 6.60. The van der Waals surface area contributed by atoms with E-state index in [0.717, 1.165) is 5.56 Å². The number of amides is 1. The summed E-state index contributed by atoms with van der Waals surface area (Å²) < 4.78 is 16.3. The molecule has 34 heavy (non-hydrogen) atoms. The SMILES string of the molecule is COc1cc(/C=C2/SC(c3ccccc3)N(c3cccc([NH+]([O-])O)c3)C2=O)cc(OC)c1OC. The first-order valence-corrected chi connectivity index (χ1v) is 11.2. The van der Waals surface area contributed by atoms with Gasteiger partial charge in [0.1, 0.15) is 5.37 Å². The molecule has 2 unspecified atom stereocenters. The zero-order valence-electron chi connectivity index (χ0n) is 18.8. The van der Waals surface area contributed by atoms with Gasteiger partial charge in [0.05, 0.1) is 31.9 Å². The number of nitrogens with one attached hydrogen (secondary N) is 1. The van der Waals surface area contributed by atoms with Crippen molar-refractivity contribution in [1.29, 1.82) is 0 Å². The summed E-state index contributed by atoms with van der Waals surface area (Å²) in [5.74, 6) is 1.20. The number of anilines is 1. The fraction of sp³-hybridized carbons (Fsp3) is 0.160. The van der Waals surface area contributed by atoms with Gasteiger partial charge < -0.3 is 19.4 Å².